The van der Waals surface area contributed by atoms with Crippen molar-refractivity contribution in [1.82, 2.24) is 24.8 Å². The fourth-order valence-electron chi connectivity index (χ4n) is 10.2. The monoisotopic (exact) mass is 671 g/mol. The molecule has 0 saturated heterocycles. The van der Waals surface area contributed by atoms with Crippen LogP contribution in [0.25, 0.3) is 23.0 Å². The first-order chi connectivity index (χ1) is 23.2. The number of alkyl halides is 2. The molecule has 2 aromatic carbocycles. The molecule has 4 aliphatic carbocycles. The minimum absolute atomic E-state index is 0.0429. The summed E-state index contributed by atoms with van der Waals surface area (Å²) in [7, 11) is 0. The van der Waals surface area contributed by atoms with Crippen molar-refractivity contribution < 1.29 is 28.2 Å². The average molecular weight is 672 g/mol. The standard InChI is InChI=1S/C38H40F3N5O3/c1-35-17-23-19-42-46(27-10-8-26(39)9-11-27)31(23)16-24(35)7-12-28-29-13-14-38(49,36(29,2)18-32(47)34(28)35)33(48)21-45-20-30(43-44-45)22-5-4-6-25(15-22)37(3,40)41/h4-6,8-11,15-16,19-20,28-29,32,34,47,49H,7,12-14,17-18,21H2,1-3H3/t28?,29?,32?,34?,35?,36?,38-/m0/s1. The Morgan fingerprint density at radius 3 is 2.65 bits per heavy atom. The van der Waals surface area contributed by atoms with Crippen molar-refractivity contribution in [2.24, 2.45) is 28.6 Å². The zero-order valence-electron chi connectivity index (χ0n) is 27.8. The quantitative estimate of drug-likeness (QED) is 0.241. The molecule has 0 aliphatic heterocycles. The Bertz CT molecular complexity index is 1980. The molecule has 11 heteroatoms. The van der Waals surface area contributed by atoms with Crippen molar-refractivity contribution in [2.45, 2.75) is 83.5 Å². The molecule has 6 unspecified atom stereocenters. The van der Waals surface area contributed by atoms with Gasteiger partial charge < -0.3 is 10.2 Å². The largest absolute Gasteiger partial charge is 0.393 e. The average Bonchev–Trinajstić information content (AvgIpc) is 3.76. The van der Waals surface area contributed by atoms with Crippen LogP contribution in [0.4, 0.5) is 13.2 Å². The topological polar surface area (TPSA) is 106 Å². The zero-order valence-corrected chi connectivity index (χ0v) is 27.8. The fraction of sp³-hybridized carbons (Fsp3) is 0.474. The highest BCUT2D eigenvalue weighted by molar-refractivity contribution is 5.88. The number of halogens is 3. The molecule has 2 aromatic heterocycles. The summed E-state index contributed by atoms with van der Waals surface area (Å²) in [5.74, 6) is -3.58. The number of hydrogen-bond acceptors (Lipinski definition) is 6. The predicted octanol–water partition coefficient (Wildman–Crippen LogP) is 6.53. The summed E-state index contributed by atoms with van der Waals surface area (Å²) < 4.78 is 44.7. The number of ketones is 1. The lowest BCUT2D eigenvalue weighted by Crippen LogP contribution is -2.62. The van der Waals surface area contributed by atoms with E-state index >= 15 is 0 Å². The summed E-state index contributed by atoms with van der Waals surface area (Å²) in [4.78, 5) is 14.0. The third-order valence-corrected chi connectivity index (χ3v) is 12.6. The highest BCUT2D eigenvalue weighted by Crippen LogP contribution is 2.67. The number of nitrogens with zero attached hydrogens (tertiary/aromatic N) is 5. The molecule has 256 valence electrons. The van der Waals surface area contributed by atoms with Crippen molar-refractivity contribution >= 4 is 11.9 Å². The van der Waals surface area contributed by atoms with Gasteiger partial charge in [0, 0.05) is 23.5 Å². The summed E-state index contributed by atoms with van der Waals surface area (Å²) in [5.41, 5.74) is 2.00. The van der Waals surface area contributed by atoms with E-state index in [0.29, 0.717) is 36.9 Å². The second-order valence-corrected chi connectivity index (χ2v) is 15.3. The van der Waals surface area contributed by atoms with E-state index in [0.717, 1.165) is 36.7 Å². The van der Waals surface area contributed by atoms with Gasteiger partial charge in [-0.25, -0.2) is 22.5 Å². The predicted molar refractivity (Wildman–Crippen MR) is 176 cm³/mol. The maximum absolute atomic E-state index is 14.0. The van der Waals surface area contributed by atoms with Crippen LogP contribution in [0.1, 0.15) is 69.7 Å². The van der Waals surface area contributed by atoms with Gasteiger partial charge in [0.2, 0.25) is 0 Å². The van der Waals surface area contributed by atoms with Crippen molar-refractivity contribution in [1.29, 1.82) is 0 Å². The third kappa shape index (κ3) is 4.86. The van der Waals surface area contributed by atoms with Gasteiger partial charge in [-0.1, -0.05) is 42.8 Å². The molecule has 4 aliphatic rings. The number of aliphatic hydroxyl groups excluding tert-OH is 1. The molecule has 3 saturated carbocycles. The Morgan fingerprint density at radius 2 is 1.90 bits per heavy atom. The second kappa shape index (κ2) is 11.0. The first-order valence-corrected chi connectivity index (χ1v) is 17.1. The lowest BCUT2D eigenvalue weighted by Gasteiger charge is -2.60. The molecule has 8 rings (SSSR count). The van der Waals surface area contributed by atoms with Gasteiger partial charge in [0.05, 0.1) is 29.9 Å². The number of benzene rings is 2. The molecule has 0 bridgehead atoms. The number of carbonyl (C=O) groups is 1. The van der Waals surface area contributed by atoms with E-state index in [4.69, 9.17) is 0 Å². The Morgan fingerprint density at radius 1 is 1.12 bits per heavy atom. The van der Waals surface area contributed by atoms with Crippen LogP contribution in [-0.4, -0.2) is 52.5 Å². The summed E-state index contributed by atoms with van der Waals surface area (Å²) >= 11 is 0. The Hall–Kier alpha value is -4.09. The van der Waals surface area contributed by atoms with E-state index in [1.54, 1.807) is 24.4 Å². The smallest absolute Gasteiger partial charge is 0.270 e. The van der Waals surface area contributed by atoms with Crippen LogP contribution in [0.3, 0.4) is 0 Å². The molecule has 2 N–H and O–H groups in total. The molecule has 4 aromatic rings. The van der Waals surface area contributed by atoms with Crippen LogP contribution >= 0.6 is 0 Å². The van der Waals surface area contributed by atoms with Crippen LogP contribution in [-0.2, 0) is 23.7 Å². The van der Waals surface area contributed by atoms with E-state index in [-0.39, 0.29) is 46.9 Å². The van der Waals surface area contributed by atoms with Gasteiger partial charge in [0.1, 0.15) is 23.7 Å². The number of Topliss-reactive ketones (excluding diaryl/α,β-unsaturated/α-hetero) is 1. The van der Waals surface area contributed by atoms with Gasteiger partial charge in [-0.3, -0.25) is 4.79 Å². The first-order valence-electron chi connectivity index (χ1n) is 17.1. The van der Waals surface area contributed by atoms with E-state index in [1.165, 1.54) is 40.6 Å². The van der Waals surface area contributed by atoms with Crippen LogP contribution in [0.15, 0.2) is 66.5 Å². The highest BCUT2D eigenvalue weighted by Gasteiger charge is 2.68. The number of aliphatic hydroxyl groups is 2. The molecular formula is C38H40F3N5O3. The molecule has 3 fully saturated rings. The van der Waals surface area contributed by atoms with Crippen molar-refractivity contribution in [3.63, 3.8) is 0 Å². The van der Waals surface area contributed by atoms with Crippen molar-refractivity contribution in [3.8, 4) is 16.9 Å². The summed E-state index contributed by atoms with van der Waals surface area (Å²) in [5, 5.41) is 37.1. The Balaban J connectivity index is 1.03. The molecule has 7 atom stereocenters. The number of hydrogen-bond donors (Lipinski definition) is 2. The normalized spacial score (nSPS) is 32.1. The number of rotatable bonds is 6. The van der Waals surface area contributed by atoms with E-state index in [9.17, 15) is 28.2 Å². The third-order valence-electron chi connectivity index (χ3n) is 12.6. The molecule has 0 amide bonds. The minimum Gasteiger partial charge on any atom is -0.393 e. The highest BCUT2D eigenvalue weighted by atomic mass is 19.3. The maximum Gasteiger partial charge on any atom is 0.270 e. The van der Waals surface area contributed by atoms with Gasteiger partial charge in [-0.2, -0.15) is 5.10 Å². The van der Waals surface area contributed by atoms with Gasteiger partial charge in [0.15, 0.2) is 5.78 Å². The molecular weight excluding hydrogens is 631 g/mol. The van der Waals surface area contributed by atoms with Gasteiger partial charge >= 0.3 is 0 Å². The summed E-state index contributed by atoms with van der Waals surface area (Å²) in [6.07, 6.45) is 8.56. The van der Waals surface area contributed by atoms with Crippen LogP contribution < -0.4 is 0 Å². The second-order valence-electron chi connectivity index (χ2n) is 15.3. The summed E-state index contributed by atoms with van der Waals surface area (Å²) in [6, 6.07) is 12.2. The fourth-order valence-corrected chi connectivity index (χ4v) is 10.2. The van der Waals surface area contributed by atoms with Gasteiger partial charge in [0.25, 0.3) is 5.92 Å². The number of allylic oxidation sites excluding steroid dienone is 1. The van der Waals surface area contributed by atoms with Crippen molar-refractivity contribution in [2.75, 3.05) is 0 Å². The number of carbonyl (C=O) groups excluding carboxylic acids is 1. The Kier molecular flexibility index (Phi) is 7.18. The zero-order chi connectivity index (χ0) is 34.5. The Labute approximate surface area is 282 Å². The van der Waals surface area contributed by atoms with Crippen LogP contribution in [0.2, 0.25) is 0 Å². The molecule has 49 heavy (non-hydrogen) atoms. The molecule has 0 radical (unpaired) electrons. The SMILES string of the molecule is CC(F)(F)c1cccc(-c2cn(CC(=O)[C@@]3(O)CCC4C5CCC6=Cc7c(cnn7-c7ccc(F)cc7)CC6(C)C5C(O)CC43C)nn2)c1. The van der Waals surface area contributed by atoms with E-state index < -0.39 is 23.0 Å². The minimum atomic E-state index is -3.01. The first kappa shape index (κ1) is 32.1. The summed E-state index contributed by atoms with van der Waals surface area (Å²) in [6.45, 7) is 4.82. The lowest BCUT2D eigenvalue weighted by atomic mass is 9.45. The van der Waals surface area contributed by atoms with Crippen molar-refractivity contribution in [3.05, 3.63) is 89.1 Å². The number of aromatic nitrogens is 5. The van der Waals surface area contributed by atoms with Gasteiger partial charge in [-0.15, -0.1) is 5.10 Å². The molecule has 8 nitrogen and oxygen atoms in total. The number of fused-ring (bicyclic) bond motifs is 6. The molecule has 2 heterocycles. The molecule has 0 spiro atoms. The van der Waals surface area contributed by atoms with E-state index in [1.807, 2.05) is 17.8 Å². The maximum atomic E-state index is 14.0. The van der Waals surface area contributed by atoms with Gasteiger partial charge in [-0.05, 0) is 104 Å². The van der Waals surface area contributed by atoms with E-state index in [2.05, 4.69) is 28.4 Å². The van der Waals surface area contributed by atoms with Crippen LogP contribution in [0.5, 0.6) is 0 Å². The lowest BCUT2D eigenvalue weighted by molar-refractivity contribution is -0.180. The van der Waals surface area contributed by atoms with Crippen LogP contribution in [0, 0.1) is 34.4 Å².